The van der Waals surface area contributed by atoms with Crippen LogP contribution in [0.1, 0.15) is 66.2 Å². The first kappa shape index (κ1) is 17.9. The third-order valence-electron chi connectivity index (χ3n) is 4.56. The van der Waals surface area contributed by atoms with Crippen molar-refractivity contribution in [3.05, 3.63) is 0 Å². The Bertz CT molecular complexity index is 186. The van der Waals surface area contributed by atoms with E-state index in [0.29, 0.717) is 6.61 Å². The van der Waals surface area contributed by atoms with E-state index in [9.17, 15) is 5.11 Å². The van der Waals surface area contributed by atoms with E-state index in [-0.39, 0.29) is 5.41 Å². The molecule has 1 N–H and O–H groups in total. The molecule has 1 rings (SSSR count). The van der Waals surface area contributed by atoms with Gasteiger partial charge in [-0.15, -0.1) is 0 Å². The molecule has 0 bridgehead atoms. The fraction of sp³-hybridized carbons (Fsp3) is 1.00. The number of hydrogen-bond acceptors (Lipinski definition) is 2. The van der Waals surface area contributed by atoms with Gasteiger partial charge in [0.1, 0.15) is 0 Å². The Labute approximate surface area is 115 Å². The lowest BCUT2D eigenvalue weighted by molar-refractivity contribution is -0.00383. The molecule has 0 aliphatic carbocycles. The minimum atomic E-state index is 0.233. The molecular formula is C16H35NO. The van der Waals surface area contributed by atoms with E-state index in [1.165, 1.54) is 38.5 Å². The van der Waals surface area contributed by atoms with Crippen LogP contribution in [0, 0.1) is 11.3 Å². The SMILES string of the molecule is CC.CCCCC(CC)C1(CO)CCN(C)CC1. The summed E-state index contributed by atoms with van der Waals surface area (Å²) in [5, 5.41) is 9.81. The van der Waals surface area contributed by atoms with Gasteiger partial charge >= 0.3 is 0 Å². The van der Waals surface area contributed by atoms with Gasteiger partial charge in [-0.25, -0.2) is 0 Å². The van der Waals surface area contributed by atoms with E-state index < -0.39 is 0 Å². The van der Waals surface area contributed by atoms with E-state index in [2.05, 4.69) is 25.8 Å². The van der Waals surface area contributed by atoms with Crippen molar-refractivity contribution in [1.29, 1.82) is 0 Å². The predicted octanol–water partition coefficient (Wildman–Crippen LogP) is 3.93. The average molecular weight is 257 g/mol. The molecule has 1 fully saturated rings. The van der Waals surface area contributed by atoms with Crippen LogP contribution >= 0.6 is 0 Å². The second-order valence-corrected chi connectivity index (χ2v) is 5.57. The fourth-order valence-electron chi connectivity index (χ4n) is 3.15. The fourth-order valence-corrected chi connectivity index (χ4v) is 3.15. The Morgan fingerprint density at radius 3 is 2.11 bits per heavy atom. The molecule has 1 saturated heterocycles. The molecule has 1 aliphatic heterocycles. The van der Waals surface area contributed by atoms with E-state index in [4.69, 9.17) is 0 Å². The number of rotatable bonds is 6. The number of nitrogens with zero attached hydrogens (tertiary/aromatic N) is 1. The molecule has 1 aliphatic rings. The predicted molar refractivity (Wildman–Crippen MR) is 80.9 cm³/mol. The minimum Gasteiger partial charge on any atom is -0.396 e. The molecule has 1 unspecified atom stereocenters. The molecule has 1 atom stereocenters. The van der Waals surface area contributed by atoms with E-state index in [1.807, 2.05) is 13.8 Å². The summed E-state index contributed by atoms with van der Waals surface area (Å²) in [5.41, 5.74) is 0.233. The van der Waals surface area contributed by atoms with Crippen molar-refractivity contribution in [2.24, 2.45) is 11.3 Å². The van der Waals surface area contributed by atoms with Gasteiger partial charge in [0.15, 0.2) is 0 Å². The van der Waals surface area contributed by atoms with Crippen LogP contribution in [-0.2, 0) is 0 Å². The van der Waals surface area contributed by atoms with E-state index in [0.717, 1.165) is 19.0 Å². The number of aliphatic hydroxyl groups excluding tert-OH is 1. The topological polar surface area (TPSA) is 23.5 Å². The smallest absolute Gasteiger partial charge is 0.0491 e. The molecule has 18 heavy (non-hydrogen) atoms. The van der Waals surface area contributed by atoms with Crippen molar-refractivity contribution in [3.8, 4) is 0 Å². The van der Waals surface area contributed by atoms with Crippen LogP contribution in [0.3, 0.4) is 0 Å². The van der Waals surface area contributed by atoms with Gasteiger partial charge < -0.3 is 10.0 Å². The summed E-state index contributed by atoms with van der Waals surface area (Å²) >= 11 is 0. The van der Waals surface area contributed by atoms with Crippen molar-refractivity contribution in [3.63, 3.8) is 0 Å². The summed E-state index contributed by atoms with van der Waals surface area (Å²) in [7, 11) is 2.19. The molecule has 0 spiro atoms. The van der Waals surface area contributed by atoms with Crippen LogP contribution in [0.5, 0.6) is 0 Å². The minimum absolute atomic E-state index is 0.233. The number of hydrogen-bond donors (Lipinski definition) is 1. The van der Waals surface area contributed by atoms with Crippen molar-refractivity contribution in [2.45, 2.75) is 66.2 Å². The zero-order chi connectivity index (χ0) is 14.0. The Balaban J connectivity index is 0.00000137. The molecule has 0 aromatic carbocycles. The zero-order valence-electron chi connectivity index (χ0n) is 13.3. The molecule has 0 amide bonds. The van der Waals surface area contributed by atoms with Crippen molar-refractivity contribution in [2.75, 3.05) is 26.7 Å². The Hall–Kier alpha value is -0.0800. The highest BCUT2D eigenvalue weighted by Gasteiger charge is 2.38. The molecule has 0 aromatic heterocycles. The average Bonchev–Trinajstić information content (AvgIpc) is 2.44. The first-order valence-corrected chi connectivity index (χ1v) is 7.98. The van der Waals surface area contributed by atoms with Gasteiger partial charge in [-0.3, -0.25) is 0 Å². The van der Waals surface area contributed by atoms with Gasteiger partial charge in [0.25, 0.3) is 0 Å². The van der Waals surface area contributed by atoms with Gasteiger partial charge in [0.05, 0.1) is 0 Å². The number of unbranched alkanes of at least 4 members (excludes halogenated alkanes) is 1. The van der Waals surface area contributed by atoms with Crippen LogP contribution < -0.4 is 0 Å². The van der Waals surface area contributed by atoms with Crippen LogP contribution in [0.25, 0.3) is 0 Å². The van der Waals surface area contributed by atoms with Crippen LogP contribution in [0.15, 0.2) is 0 Å². The maximum atomic E-state index is 9.81. The normalized spacial score (nSPS) is 21.0. The zero-order valence-corrected chi connectivity index (χ0v) is 13.3. The number of likely N-dealkylation sites (tertiary alicyclic amines) is 1. The molecule has 0 radical (unpaired) electrons. The lowest BCUT2D eigenvalue weighted by Crippen LogP contribution is -2.44. The summed E-state index contributed by atoms with van der Waals surface area (Å²) in [6, 6.07) is 0. The van der Waals surface area contributed by atoms with Gasteiger partial charge in [-0.1, -0.05) is 47.0 Å². The first-order valence-electron chi connectivity index (χ1n) is 7.98. The summed E-state index contributed by atoms with van der Waals surface area (Å²) in [6.45, 7) is 11.2. The van der Waals surface area contributed by atoms with Crippen molar-refractivity contribution in [1.82, 2.24) is 4.90 Å². The standard InChI is InChI=1S/C14H29NO.C2H6/c1-4-6-7-13(5-2)14(12-16)8-10-15(3)11-9-14;1-2/h13,16H,4-12H2,1-3H3;1-2H3. The summed E-state index contributed by atoms with van der Waals surface area (Å²) in [6.07, 6.45) is 7.49. The lowest BCUT2D eigenvalue weighted by Gasteiger charge is -2.45. The molecule has 2 nitrogen and oxygen atoms in total. The molecule has 2 heteroatoms. The molecule has 1 heterocycles. The first-order chi connectivity index (χ1) is 8.68. The second kappa shape index (κ2) is 9.80. The Morgan fingerprint density at radius 1 is 1.17 bits per heavy atom. The maximum absolute atomic E-state index is 9.81. The summed E-state index contributed by atoms with van der Waals surface area (Å²) in [5.74, 6) is 0.728. The van der Waals surface area contributed by atoms with Crippen LogP contribution in [0.4, 0.5) is 0 Å². The number of piperidine rings is 1. The Morgan fingerprint density at radius 2 is 1.72 bits per heavy atom. The highest BCUT2D eigenvalue weighted by atomic mass is 16.3. The maximum Gasteiger partial charge on any atom is 0.0491 e. The van der Waals surface area contributed by atoms with Crippen LogP contribution in [-0.4, -0.2) is 36.8 Å². The number of aliphatic hydroxyl groups is 1. The van der Waals surface area contributed by atoms with Crippen LogP contribution in [0.2, 0.25) is 0 Å². The van der Waals surface area contributed by atoms with Gasteiger partial charge in [0, 0.05) is 6.61 Å². The summed E-state index contributed by atoms with van der Waals surface area (Å²) in [4.78, 5) is 2.39. The third-order valence-corrected chi connectivity index (χ3v) is 4.56. The second-order valence-electron chi connectivity index (χ2n) is 5.57. The van der Waals surface area contributed by atoms with Gasteiger partial charge in [-0.2, -0.15) is 0 Å². The summed E-state index contributed by atoms with van der Waals surface area (Å²) < 4.78 is 0. The van der Waals surface area contributed by atoms with Crippen molar-refractivity contribution < 1.29 is 5.11 Å². The molecule has 0 saturated carbocycles. The van der Waals surface area contributed by atoms with Gasteiger partial charge in [0.2, 0.25) is 0 Å². The molecule has 110 valence electrons. The highest BCUT2D eigenvalue weighted by Crippen LogP contribution is 2.42. The highest BCUT2D eigenvalue weighted by molar-refractivity contribution is 4.90. The van der Waals surface area contributed by atoms with E-state index in [1.54, 1.807) is 0 Å². The Kier molecular flexibility index (Phi) is 9.76. The molecular weight excluding hydrogens is 222 g/mol. The quantitative estimate of drug-likeness (QED) is 0.779. The van der Waals surface area contributed by atoms with Crippen molar-refractivity contribution >= 4 is 0 Å². The van der Waals surface area contributed by atoms with E-state index >= 15 is 0 Å². The van der Waals surface area contributed by atoms with Gasteiger partial charge in [-0.05, 0) is 50.7 Å². The largest absolute Gasteiger partial charge is 0.396 e. The lowest BCUT2D eigenvalue weighted by atomic mass is 9.66. The monoisotopic (exact) mass is 257 g/mol. The third kappa shape index (κ3) is 4.89. The molecule has 0 aromatic rings.